The molecule has 0 saturated heterocycles. The topological polar surface area (TPSA) is 12.0 Å². The number of hydrogen-bond donors (Lipinski definition) is 1. The molecule has 0 amide bonds. The van der Waals surface area contributed by atoms with Crippen molar-refractivity contribution in [3.8, 4) is 0 Å². The summed E-state index contributed by atoms with van der Waals surface area (Å²) in [7, 11) is 0. The minimum Gasteiger partial charge on any atom is -0.362 e. The minimum atomic E-state index is 1.31. The van der Waals surface area contributed by atoms with E-state index >= 15 is 0 Å². The molecule has 0 atom stereocenters. The van der Waals surface area contributed by atoms with Crippen LogP contribution < -0.4 is 5.32 Å². The molecule has 3 rings (SSSR count). The molecule has 14 heavy (non-hydrogen) atoms. The van der Waals surface area contributed by atoms with Crippen molar-refractivity contribution in [1.82, 2.24) is 5.32 Å². The monoisotopic (exact) mass is 189 g/mol. The van der Waals surface area contributed by atoms with E-state index in [4.69, 9.17) is 0 Å². The van der Waals surface area contributed by atoms with Gasteiger partial charge in [-0.25, -0.2) is 0 Å². The molecule has 0 radical (unpaired) electrons. The maximum Gasteiger partial charge on any atom is 0.0143 e. The van der Waals surface area contributed by atoms with Crippen molar-refractivity contribution >= 4 is 0 Å². The van der Waals surface area contributed by atoms with Crippen LogP contribution in [-0.4, -0.2) is 0 Å². The summed E-state index contributed by atoms with van der Waals surface area (Å²) in [5, 5.41) is 3.72. The predicted octanol–water partition coefficient (Wildman–Crippen LogP) is 3.64. The molecule has 1 heterocycles. The van der Waals surface area contributed by atoms with Gasteiger partial charge in [-0.3, -0.25) is 0 Å². The van der Waals surface area contributed by atoms with E-state index in [0.29, 0.717) is 0 Å². The fourth-order valence-corrected chi connectivity index (χ4v) is 3.07. The van der Waals surface area contributed by atoms with Crippen molar-refractivity contribution in [1.29, 1.82) is 0 Å². The van der Waals surface area contributed by atoms with Gasteiger partial charge in [-0.15, -0.1) is 0 Å². The normalized spacial score (nSPS) is 26.9. The van der Waals surface area contributed by atoms with Gasteiger partial charge in [0.1, 0.15) is 0 Å². The minimum absolute atomic E-state index is 1.31. The van der Waals surface area contributed by atoms with Crippen LogP contribution >= 0.6 is 0 Å². The maximum atomic E-state index is 3.72. The molecule has 0 saturated carbocycles. The summed E-state index contributed by atoms with van der Waals surface area (Å²) in [5.41, 5.74) is 6.66. The van der Waals surface area contributed by atoms with Gasteiger partial charge >= 0.3 is 0 Å². The van der Waals surface area contributed by atoms with E-state index in [0.717, 1.165) is 0 Å². The lowest BCUT2D eigenvalue weighted by Crippen LogP contribution is -2.25. The highest BCUT2D eigenvalue weighted by Gasteiger charge is 2.23. The van der Waals surface area contributed by atoms with Gasteiger partial charge in [0.15, 0.2) is 0 Å². The largest absolute Gasteiger partial charge is 0.362 e. The molecule has 1 aliphatic heterocycles. The Morgan fingerprint density at radius 3 is 1.71 bits per heavy atom. The number of allylic oxidation sites excluding steroid dienone is 4. The van der Waals surface area contributed by atoms with E-state index in [-0.39, 0.29) is 0 Å². The van der Waals surface area contributed by atoms with Gasteiger partial charge in [0.2, 0.25) is 0 Å². The maximum absolute atomic E-state index is 3.72. The van der Waals surface area contributed by atoms with Crippen molar-refractivity contribution in [2.24, 2.45) is 0 Å². The summed E-state index contributed by atoms with van der Waals surface area (Å²) in [4.78, 5) is 0. The average molecular weight is 189 g/mol. The standard InChI is InChI=1S/C13H19N/c1-3-7-12-10(5-1)9-11-6-2-4-8-13(11)14-12/h14H,1-9H2. The van der Waals surface area contributed by atoms with Crippen LogP contribution in [0.1, 0.15) is 57.8 Å². The molecule has 0 aromatic rings. The van der Waals surface area contributed by atoms with Gasteiger partial charge in [0, 0.05) is 11.4 Å². The van der Waals surface area contributed by atoms with Gasteiger partial charge in [-0.05, 0) is 68.9 Å². The third kappa shape index (κ3) is 1.39. The molecule has 0 fully saturated rings. The lowest BCUT2D eigenvalue weighted by Gasteiger charge is -2.32. The molecule has 76 valence electrons. The number of nitrogens with one attached hydrogen (secondary N) is 1. The number of rotatable bonds is 0. The molecule has 0 spiro atoms. The Morgan fingerprint density at radius 2 is 1.14 bits per heavy atom. The fourth-order valence-electron chi connectivity index (χ4n) is 3.07. The van der Waals surface area contributed by atoms with E-state index in [2.05, 4.69) is 5.32 Å². The van der Waals surface area contributed by atoms with E-state index < -0.39 is 0 Å². The fraction of sp³-hybridized carbons (Fsp3) is 0.692. The van der Waals surface area contributed by atoms with E-state index in [9.17, 15) is 0 Å². The second-order valence-corrected chi connectivity index (χ2v) is 4.88. The second kappa shape index (κ2) is 3.45. The molecule has 0 aromatic carbocycles. The van der Waals surface area contributed by atoms with Gasteiger partial charge in [0.05, 0.1) is 0 Å². The second-order valence-electron chi connectivity index (χ2n) is 4.88. The van der Waals surface area contributed by atoms with Crippen LogP contribution in [0.15, 0.2) is 22.5 Å². The Balaban J connectivity index is 1.84. The Hall–Kier alpha value is -0.720. The third-order valence-electron chi connectivity index (χ3n) is 3.89. The molecule has 1 nitrogen and oxygen atoms in total. The SMILES string of the molecule is C1CCC2=C(C1)CC1=C(CCCC1)N2. The summed E-state index contributed by atoms with van der Waals surface area (Å²) >= 11 is 0. The molecule has 3 aliphatic rings. The zero-order chi connectivity index (χ0) is 9.38. The first kappa shape index (κ1) is 8.58. The van der Waals surface area contributed by atoms with E-state index in [1.165, 1.54) is 57.8 Å². The molecule has 0 unspecified atom stereocenters. The third-order valence-corrected chi connectivity index (χ3v) is 3.89. The van der Waals surface area contributed by atoms with Crippen molar-refractivity contribution in [3.05, 3.63) is 22.5 Å². The highest BCUT2D eigenvalue weighted by molar-refractivity contribution is 5.34. The van der Waals surface area contributed by atoms with Crippen LogP contribution in [0.25, 0.3) is 0 Å². The quantitative estimate of drug-likeness (QED) is 0.613. The highest BCUT2D eigenvalue weighted by atomic mass is 14.9. The summed E-state index contributed by atoms with van der Waals surface area (Å²) in [5.74, 6) is 0. The van der Waals surface area contributed by atoms with Gasteiger partial charge < -0.3 is 5.32 Å². The molecular weight excluding hydrogens is 170 g/mol. The van der Waals surface area contributed by atoms with Gasteiger partial charge in [-0.1, -0.05) is 0 Å². The van der Waals surface area contributed by atoms with Crippen LogP contribution in [0.2, 0.25) is 0 Å². The van der Waals surface area contributed by atoms with E-state index in [1.807, 2.05) is 0 Å². The van der Waals surface area contributed by atoms with E-state index in [1.54, 1.807) is 22.5 Å². The van der Waals surface area contributed by atoms with Gasteiger partial charge in [0.25, 0.3) is 0 Å². The highest BCUT2D eigenvalue weighted by Crippen LogP contribution is 2.37. The first-order chi connectivity index (χ1) is 6.93. The summed E-state index contributed by atoms with van der Waals surface area (Å²) in [6.45, 7) is 0. The molecule has 1 N–H and O–H groups in total. The first-order valence-electron chi connectivity index (χ1n) is 6.12. The summed E-state index contributed by atoms with van der Waals surface area (Å²) < 4.78 is 0. The van der Waals surface area contributed by atoms with Crippen LogP contribution in [0.3, 0.4) is 0 Å². The molecule has 1 heteroatoms. The Bertz CT molecular complexity index is 249. The van der Waals surface area contributed by atoms with Crippen molar-refractivity contribution in [2.45, 2.75) is 57.8 Å². The lowest BCUT2D eigenvalue weighted by atomic mass is 9.83. The number of dihydropyridines is 1. The Morgan fingerprint density at radius 1 is 0.643 bits per heavy atom. The number of hydrogen-bond acceptors (Lipinski definition) is 1. The molecule has 0 bridgehead atoms. The average Bonchev–Trinajstić information content (AvgIpc) is 2.26. The summed E-state index contributed by atoms with van der Waals surface area (Å²) in [6.07, 6.45) is 12.3. The molecular formula is C13H19N. The zero-order valence-electron chi connectivity index (χ0n) is 8.86. The molecule has 2 aliphatic carbocycles. The van der Waals surface area contributed by atoms with Crippen LogP contribution in [0.5, 0.6) is 0 Å². The molecule has 0 aromatic heterocycles. The first-order valence-corrected chi connectivity index (χ1v) is 6.12. The summed E-state index contributed by atoms with van der Waals surface area (Å²) in [6, 6.07) is 0. The van der Waals surface area contributed by atoms with Crippen molar-refractivity contribution in [2.75, 3.05) is 0 Å². The zero-order valence-corrected chi connectivity index (χ0v) is 8.86. The van der Waals surface area contributed by atoms with Crippen LogP contribution in [0.4, 0.5) is 0 Å². The van der Waals surface area contributed by atoms with Crippen LogP contribution in [0, 0.1) is 0 Å². The lowest BCUT2D eigenvalue weighted by molar-refractivity contribution is 0.555. The Labute approximate surface area is 86.3 Å². The Kier molecular flexibility index (Phi) is 2.11. The van der Waals surface area contributed by atoms with Crippen molar-refractivity contribution in [3.63, 3.8) is 0 Å². The predicted molar refractivity (Wildman–Crippen MR) is 58.7 cm³/mol. The van der Waals surface area contributed by atoms with Crippen LogP contribution in [-0.2, 0) is 0 Å². The smallest absolute Gasteiger partial charge is 0.0143 e. The van der Waals surface area contributed by atoms with Crippen molar-refractivity contribution < 1.29 is 0 Å². The van der Waals surface area contributed by atoms with Gasteiger partial charge in [-0.2, -0.15) is 0 Å².